The maximum atomic E-state index is 13.7. The highest BCUT2D eigenvalue weighted by Crippen LogP contribution is 2.61. The first-order valence-corrected chi connectivity index (χ1v) is 10.4. The summed E-state index contributed by atoms with van der Waals surface area (Å²) in [5.74, 6) is -0.985. The molecule has 3 aromatic carbocycles. The van der Waals surface area contributed by atoms with E-state index in [1.54, 1.807) is 18.2 Å². The summed E-state index contributed by atoms with van der Waals surface area (Å²) in [6, 6.07) is 21.4. The second-order valence-electron chi connectivity index (χ2n) is 8.09. The van der Waals surface area contributed by atoms with E-state index >= 15 is 0 Å². The van der Waals surface area contributed by atoms with Crippen molar-refractivity contribution in [1.82, 2.24) is 0 Å². The number of hydrogen-bond acceptors (Lipinski definition) is 3. The van der Waals surface area contributed by atoms with Crippen LogP contribution in [0.25, 0.3) is 0 Å². The van der Waals surface area contributed by atoms with Crippen LogP contribution in [0.2, 0.25) is 5.02 Å². The van der Waals surface area contributed by atoms with E-state index in [0.717, 1.165) is 22.3 Å². The number of rotatable bonds is 2. The van der Waals surface area contributed by atoms with E-state index in [2.05, 4.69) is 24.3 Å². The van der Waals surface area contributed by atoms with E-state index < -0.39 is 11.8 Å². The molecule has 2 atom stereocenters. The molecule has 0 saturated carbocycles. The van der Waals surface area contributed by atoms with Crippen molar-refractivity contribution in [3.8, 4) is 5.75 Å². The molecule has 4 aliphatic rings. The van der Waals surface area contributed by atoms with E-state index in [1.807, 2.05) is 24.3 Å². The Labute approximate surface area is 179 Å². The van der Waals surface area contributed by atoms with Crippen molar-refractivity contribution in [1.29, 1.82) is 0 Å². The van der Waals surface area contributed by atoms with Gasteiger partial charge in [-0.05, 0) is 40.5 Å². The van der Waals surface area contributed by atoms with Crippen molar-refractivity contribution in [2.24, 2.45) is 11.8 Å². The summed E-state index contributed by atoms with van der Waals surface area (Å²) in [5, 5.41) is 0.454. The number of imide groups is 1. The summed E-state index contributed by atoms with van der Waals surface area (Å²) in [4.78, 5) is 28.8. The Bertz CT molecular complexity index is 1120. The second-order valence-corrected chi connectivity index (χ2v) is 8.53. The number of benzene rings is 3. The minimum absolute atomic E-state index is 0.126. The normalized spacial score (nSPS) is 25.7. The molecule has 3 aliphatic carbocycles. The van der Waals surface area contributed by atoms with Crippen molar-refractivity contribution in [2.45, 2.75) is 11.8 Å². The Morgan fingerprint density at radius 2 is 1.23 bits per heavy atom. The molecule has 1 aliphatic heterocycles. The molecular formula is C25H18ClNO3. The first kappa shape index (κ1) is 17.7. The lowest BCUT2D eigenvalue weighted by Gasteiger charge is -2.45. The van der Waals surface area contributed by atoms with Crippen molar-refractivity contribution in [3.63, 3.8) is 0 Å². The summed E-state index contributed by atoms with van der Waals surface area (Å²) >= 11 is 6.21. The van der Waals surface area contributed by atoms with Gasteiger partial charge >= 0.3 is 0 Å². The average Bonchev–Trinajstić information content (AvgIpc) is 3.04. The molecule has 0 radical (unpaired) electrons. The highest BCUT2D eigenvalue weighted by molar-refractivity contribution is 6.31. The lowest BCUT2D eigenvalue weighted by Crippen LogP contribution is -2.41. The van der Waals surface area contributed by atoms with Gasteiger partial charge in [-0.2, -0.15) is 0 Å². The molecule has 4 nitrogen and oxygen atoms in total. The summed E-state index contributed by atoms with van der Waals surface area (Å²) in [6.45, 7) is 0. The Morgan fingerprint density at radius 3 is 1.67 bits per heavy atom. The predicted molar refractivity (Wildman–Crippen MR) is 114 cm³/mol. The zero-order valence-electron chi connectivity index (χ0n) is 16.2. The van der Waals surface area contributed by atoms with E-state index in [0.29, 0.717) is 16.5 Å². The molecular weight excluding hydrogens is 398 g/mol. The molecule has 0 unspecified atom stereocenters. The number of halogens is 1. The van der Waals surface area contributed by atoms with Crippen LogP contribution < -0.4 is 9.64 Å². The highest BCUT2D eigenvalue weighted by atomic mass is 35.5. The van der Waals surface area contributed by atoms with Crippen LogP contribution in [-0.4, -0.2) is 18.9 Å². The minimum Gasteiger partial charge on any atom is -0.495 e. The van der Waals surface area contributed by atoms with Crippen LogP contribution in [0.4, 0.5) is 5.69 Å². The fraction of sp³-hybridized carbons (Fsp3) is 0.200. The van der Waals surface area contributed by atoms with Gasteiger partial charge in [0.25, 0.3) is 0 Å². The van der Waals surface area contributed by atoms with E-state index in [1.165, 1.54) is 12.0 Å². The molecule has 0 N–H and O–H groups in total. The predicted octanol–water partition coefficient (Wildman–Crippen LogP) is 4.75. The lowest BCUT2D eigenvalue weighted by molar-refractivity contribution is -0.122. The van der Waals surface area contributed by atoms with Gasteiger partial charge in [0.05, 0.1) is 24.6 Å². The van der Waals surface area contributed by atoms with Crippen LogP contribution >= 0.6 is 11.6 Å². The molecule has 1 heterocycles. The third-order valence-corrected chi connectivity index (χ3v) is 7.07. The maximum Gasteiger partial charge on any atom is 0.238 e. The molecule has 1 saturated heterocycles. The van der Waals surface area contributed by atoms with Crippen LogP contribution in [-0.2, 0) is 9.59 Å². The van der Waals surface area contributed by atoms with Gasteiger partial charge in [0.2, 0.25) is 11.8 Å². The van der Waals surface area contributed by atoms with E-state index in [9.17, 15) is 9.59 Å². The Balaban J connectivity index is 1.57. The molecule has 0 spiro atoms. The monoisotopic (exact) mass is 415 g/mol. The van der Waals surface area contributed by atoms with Gasteiger partial charge in [-0.1, -0.05) is 60.1 Å². The molecule has 7 rings (SSSR count). The molecule has 30 heavy (non-hydrogen) atoms. The van der Waals surface area contributed by atoms with Crippen molar-refractivity contribution >= 4 is 29.1 Å². The molecule has 2 amide bonds. The number of carbonyl (C=O) groups excluding carboxylic acids is 2. The quantitative estimate of drug-likeness (QED) is 0.568. The number of ether oxygens (including phenoxy) is 1. The van der Waals surface area contributed by atoms with Crippen LogP contribution in [0.5, 0.6) is 5.75 Å². The largest absolute Gasteiger partial charge is 0.495 e. The summed E-state index contributed by atoms with van der Waals surface area (Å²) in [7, 11) is 1.53. The second kappa shape index (κ2) is 6.19. The molecule has 0 aromatic heterocycles. The van der Waals surface area contributed by atoms with Gasteiger partial charge < -0.3 is 4.74 Å². The third kappa shape index (κ3) is 2.12. The standard InChI is InChI=1S/C25H18ClNO3/c1-30-19-11-10-13(26)12-18(19)27-24(28)22-20-14-6-2-3-7-15(14)21(23(22)25(27)29)17-9-5-4-8-16(17)20/h2-12,20-23H,1H3/t20?,21?,22-,23+. The zero-order chi connectivity index (χ0) is 20.6. The SMILES string of the molecule is COc1ccc(Cl)cc1N1C(=O)[C@@H]2C3c4ccccc4C(c4ccccc43)[C@@H]2C1=O. The van der Waals surface area contributed by atoms with Gasteiger partial charge in [-0.15, -0.1) is 0 Å². The number of nitrogens with zero attached hydrogens (tertiary/aromatic N) is 1. The maximum absolute atomic E-state index is 13.7. The highest BCUT2D eigenvalue weighted by Gasteiger charge is 2.62. The summed E-state index contributed by atoms with van der Waals surface area (Å²) in [5.41, 5.74) is 5.04. The van der Waals surface area contributed by atoms with E-state index in [-0.39, 0.29) is 23.7 Å². The number of hydrogen-bond donors (Lipinski definition) is 0. The fourth-order valence-electron chi connectivity index (χ4n) is 5.75. The van der Waals surface area contributed by atoms with Crippen molar-refractivity contribution < 1.29 is 14.3 Å². The average molecular weight is 416 g/mol. The lowest BCUT2D eigenvalue weighted by atomic mass is 9.55. The minimum atomic E-state index is -0.420. The molecule has 148 valence electrons. The molecule has 1 fully saturated rings. The Kier molecular flexibility index (Phi) is 3.66. The zero-order valence-corrected chi connectivity index (χ0v) is 17.0. The molecule has 2 bridgehead atoms. The number of amides is 2. The first-order valence-electron chi connectivity index (χ1n) is 10.0. The van der Waals surface area contributed by atoms with Gasteiger partial charge in [0.1, 0.15) is 5.75 Å². The van der Waals surface area contributed by atoms with Crippen LogP contribution in [0.3, 0.4) is 0 Å². The topological polar surface area (TPSA) is 46.6 Å². The van der Waals surface area contributed by atoms with Crippen LogP contribution in [0.1, 0.15) is 34.1 Å². The number of methoxy groups -OCH3 is 1. The van der Waals surface area contributed by atoms with Crippen LogP contribution in [0, 0.1) is 11.8 Å². The van der Waals surface area contributed by atoms with Gasteiger partial charge in [0, 0.05) is 16.9 Å². The number of anilines is 1. The molecule has 5 heteroatoms. The van der Waals surface area contributed by atoms with E-state index in [4.69, 9.17) is 16.3 Å². The van der Waals surface area contributed by atoms with Crippen LogP contribution in [0.15, 0.2) is 66.7 Å². The Hall–Kier alpha value is -3.11. The van der Waals surface area contributed by atoms with Gasteiger partial charge in [0.15, 0.2) is 0 Å². The summed E-state index contributed by atoms with van der Waals surface area (Å²) in [6.07, 6.45) is 0. The Morgan fingerprint density at radius 1 is 0.767 bits per heavy atom. The smallest absolute Gasteiger partial charge is 0.238 e. The molecule has 3 aromatic rings. The fourth-order valence-corrected chi connectivity index (χ4v) is 5.92. The van der Waals surface area contributed by atoms with Crippen molar-refractivity contribution in [3.05, 3.63) is 94.0 Å². The third-order valence-electron chi connectivity index (χ3n) is 6.83. The van der Waals surface area contributed by atoms with Gasteiger partial charge in [-0.25, -0.2) is 4.90 Å². The first-order chi connectivity index (χ1) is 14.6. The van der Waals surface area contributed by atoms with Crippen molar-refractivity contribution in [2.75, 3.05) is 12.0 Å². The number of carbonyl (C=O) groups is 2. The van der Waals surface area contributed by atoms with Gasteiger partial charge in [-0.3, -0.25) is 9.59 Å². The summed E-state index contributed by atoms with van der Waals surface area (Å²) < 4.78 is 5.45.